The zero-order chi connectivity index (χ0) is 21.4. The third-order valence-corrected chi connectivity index (χ3v) is 8.00. The molecule has 0 amide bonds. The summed E-state index contributed by atoms with van der Waals surface area (Å²) in [4.78, 5) is 19.0. The van der Waals surface area contributed by atoms with Gasteiger partial charge < -0.3 is 19.5 Å². The van der Waals surface area contributed by atoms with Crippen molar-refractivity contribution in [3.8, 4) is 0 Å². The van der Waals surface area contributed by atoms with Crippen molar-refractivity contribution in [2.24, 2.45) is 12.0 Å². The first-order chi connectivity index (χ1) is 15.1. The summed E-state index contributed by atoms with van der Waals surface area (Å²) in [6.45, 7) is 2.29. The number of ether oxygens (including phenoxy) is 1. The van der Waals surface area contributed by atoms with Crippen LogP contribution in [0.2, 0.25) is 0 Å². The number of benzene rings is 1. The number of anilines is 2. The van der Waals surface area contributed by atoms with E-state index in [0.29, 0.717) is 12.5 Å². The van der Waals surface area contributed by atoms with Crippen LogP contribution in [0.15, 0.2) is 23.2 Å². The number of fused-ring (bicyclic) bond motifs is 1. The normalized spacial score (nSPS) is 21.8. The highest BCUT2D eigenvalue weighted by molar-refractivity contribution is 8.14. The topological polar surface area (TPSA) is 58.9 Å². The highest BCUT2D eigenvalue weighted by Gasteiger charge is 2.26. The third kappa shape index (κ3) is 4.16. The summed E-state index contributed by atoms with van der Waals surface area (Å²) >= 11 is 1.74. The van der Waals surface area contributed by atoms with Crippen molar-refractivity contribution in [1.82, 2.24) is 4.57 Å². The van der Waals surface area contributed by atoms with E-state index in [2.05, 4.69) is 40.0 Å². The van der Waals surface area contributed by atoms with Crippen molar-refractivity contribution in [1.29, 1.82) is 0 Å². The maximum atomic E-state index is 11.7. The van der Waals surface area contributed by atoms with Crippen LogP contribution >= 0.6 is 11.8 Å². The van der Waals surface area contributed by atoms with Gasteiger partial charge in [0.05, 0.1) is 36.5 Å². The van der Waals surface area contributed by atoms with Crippen LogP contribution in [-0.4, -0.2) is 53.6 Å². The van der Waals surface area contributed by atoms with E-state index in [-0.39, 0.29) is 12.0 Å². The number of aromatic nitrogens is 1. The van der Waals surface area contributed by atoms with Gasteiger partial charge in [-0.25, -0.2) is 0 Å². The van der Waals surface area contributed by atoms with Gasteiger partial charge in [-0.2, -0.15) is 0 Å². The fourth-order valence-corrected chi connectivity index (χ4v) is 6.30. The molecule has 1 saturated carbocycles. The number of carbonyl (C=O) groups is 1. The Kier molecular flexibility index (Phi) is 5.87. The summed E-state index contributed by atoms with van der Waals surface area (Å²) in [7, 11) is 3.58. The lowest BCUT2D eigenvalue weighted by atomic mass is 10.1. The number of carbonyl (C=O) groups excluding carboxylic acids is 1. The van der Waals surface area contributed by atoms with Gasteiger partial charge in [-0.3, -0.25) is 9.79 Å². The number of aliphatic imine (C=N–C) groups is 1. The molecule has 1 atom stereocenters. The van der Waals surface area contributed by atoms with E-state index in [9.17, 15) is 4.79 Å². The van der Waals surface area contributed by atoms with Gasteiger partial charge in [-0.05, 0) is 43.9 Å². The Balaban J connectivity index is 1.52. The Morgan fingerprint density at radius 2 is 1.97 bits per heavy atom. The first-order valence-electron chi connectivity index (χ1n) is 11.5. The molecule has 7 heteroatoms. The number of hydrogen-bond acceptors (Lipinski definition) is 6. The maximum absolute atomic E-state index is 11.7. The van der Waals surface area contributed by atoms with Crippen molar-refractivity contribution in [3.63, 3.8) is 0 Å². The molecule has 6 nitrogen and oxygen atoms in total. The van der Waals surface area contributed by atoms with E-state index < -0.39 is 0 Å². The van der Waals surface area contributed by atoms with Crippen molar-refractivity contribution < 1.29 is 9.53 Å². The lowest BCUT2D eigenvalue weighted by molar-refractivity contribution is -0.140. The first kappa shape index (κ1) is 20.7. The second kappa shape index (κ2) is 8.77. The zero-order valence-corrected chi connectivity index (χ0v) is 19.3. The van der Waals surface area contributed by atoms with Crippen LogP contribution in [0.1, 0.15) is 50.6 Å². The smallest absolute Gasteiger partial charge is 0.307 e. The second-order valence-electron chi connectivity index (χ2n) is 9.02. The molecular formula is C24H32N4O2S. The minimum absolute atomic E-state index is 0.00158. The van der Waals surface area contributed by atoms with Crippen LogP contribution in [0.4, 0.5) is 11.4 Å². The molecule has 166 valence electrons. The summed E-state index contributed by atoms with van der Waals surface area (Å²) < 4.78 is 7.11. The lowest BCUT2D eigenvalue weighted by Gasteiger charge is -2.22. The van der Waals surface area contributed by atoms with Crippen LogP contribution in [-0.2, 0) is 16.6 Å². The second-order valence-corrected chi connectivity index (χ2v) is 10.0. The fourth-order valence-electron chi connectivity index (χ4n) is 5.19. The number of hydrogen-bond donors (Lipinski definition) is 1. The van der Waals surface area contributed by atoms with Crippen molar-refractivity contribution in [2.75, 3.05) is 36.2 Å². The quantitative estimate of drug-likeness (QED) is 0.668. The molecule has 3 aliphatic rings. The first-order valence-corrected chi connectivity index (χ1v) is 12.5. The molecule has 5 rings (SSSR count). The highest BCUT2D eigenvalue weighted by Crippen LogP contribution is 2.37. The minimum Gasteiger partial charge on any atom is -0.469 e. The number of thioether (sulfide) groups is 1. The van der Waals surface area contributed by atoms with Crippen molar-refractivity contribution in [2.45, 2.75) is 57.0 Å². The molecule has 1 aromatic heterocycles. The third-order valence-electron chi connectivity index (χ3n) is 6.86. The molecular weight excluding hydrogens is 408 g/mol. The van der Waals surface area contributed by atoms with Gasteiger partial charge in [-0.15, -0.1) is 11.8 Å². The molecule has 1 aromatic carbocycles. The van der Waals surface area contributed by atoms with Gasteiger partial charge >= 0.3 is 5.97 Å². The largest absolute Gasteiger partial charge is 0.469 e. The molecule has 2 aliphatic heterocycles. The summed E-state index contributed by atoms with van der Waals surface area (Å²) in [5.41, 5.74) is 4.96. The fraction of sp³-hybridized carbons (Fsp3) is 0.583. The average Bonchev–Trinajstić information content (AvgIpc) is 3.56. The number of rotatable bonds is 6. The van der Waals surface area contributed by atoms with Crippen LogP contribution in [0.5, 0.6) is 0 Å². The molecule has 1 saturated heterocycles. The zero-order valence-electron chi connectivity index (χ0n) is 18.5. The van der Waals surface area contributed by atoms with Crippen LogP contribution in [0.25, 0.3) is 10.9 Å². The van der Waals surface area contributed by atoms with Crippen LogP contribution < -0.4 is 10.2 Å². The van der Waals surface area contributed by atoms with E-state index >= 15 is 0 Å². The Morgan fingerprint density at radius 3 is 2.71 bits per heavy atom. The summed E-state index contributed by atoms with van der Waals surface area (Å²) in [6, 6.07) is 7.55. The number of aryl methyl sites for hydroxylation is 1. The number of nitrogens with zero attached hydrogens (tertiary/aromatic N) is 3. The monoisotopic (exact) mass is 440 g/mol. The molecule has 0 bridgehead atoms. The van der Waals surface area contributed by atoms with Crippen LogP contribution in [0, 0.1) is 0 Å². The van der Waals surface area contributed by atoms with Gasteiger partial charge in [-0.1, -0.05) is 12.8 Å². The molecule has 1 aliphatic carbocycles. The van der Waals surface area contributed by atoms with Gasteiger partial charge in [0.25, 0.3) is 0 Å². The number of esters is 1. The SMILES string of the molecule is COC(=O)C[C@@H]1CSC(c2cc3cc(N4CCCC4)cc(NC4CCCC4)c3n2C)=N1. The number of methoxy groups -OCH3 is 1. The van der Waals surface area contributed by atoms with Crippen LogP contribution in [0.3, 0.4) is 0 Å². The highest BCUT2D eigenvalue weighted by atomic mass is 32.2. The summed E-state index contributed by atoms with van der Waals surface area (Å²) in [5, 5.41) is 6.18. The molecule has 2 fully saturated rings. The standard InChI is InChI=1S/C24H32N4O2S/c1-27-21(24-26-18(15-31-24)13-22(29)30-2)12-16-11-19(28-9-5-6-10-28)14-20(23(16)27)25-17-7-3-4-8-17/h11-12,14,17-18,25H,3-10,13,15H2,1-2H3/t18-/m1/s1. The lowest BCUT2D eigenvalue weighted by Crippen LogP contribution is -2.19. The van der Waals surface area contributed by atoms with Crippen molar-refractivity contribution >= 4 is 45.1 Å². The molecule has 0 radical (unpaired) electrons. The van der Waals surface area contributed by atoms with E-state index in [1.54, 1.807) is 11.8 Å². The maximum Gasteiger partial charge on any atom is 0.307 e. The number of nitrogens with one attached hydrogen (secondary N) is 1. The Labute approximate surface area is 188 Å². The van der Waals surface area contributed by atoms with Gasteiger partial charge in [0, 0.05) is 43.0 Å². The van der Waals surface area contributed by atoms with E-state index in [1.165, 1.54) is 67.9 Å². The van der Waals surface area contributed by atoms with Gasteiger partial charge in [0.15, 0.2) is 0 Å². The molecule has 0 unspecified atom stereocenters. The molecule has 2 aromatic rings. The minimum atomic E-state index is -0.189. The summed E-state index contributed by atoms with van der Waals surface area (Å²) in [5.74, 6) is 0.643. The van der Waals surface area contributed by atoms with E-state index in [4.69, 9.17) is 9.73 Å². The molecule has 0 spiro atoms. The average molecular weight is 441 g/mol. The molecule has 31 heavy (non-hydrogen) atoms. The Bertz CT molecular complexity index is 1000. The van der Waals surface area contributed by atoms with Crippen molar-refractivity contribution in [3.05, 3.63) is 23.9 Å². The predicted octanol–water partition coefficient (Wildman–Crippen LogP) is 4.56. The van der Waals surface area contributed by atoms with E-state index in [0.717, 1.165) is 29.6 Å². The van der Waals surface area contributed by atoms with Gasteiger partial charge in [0.1, 0.15) is 5.04 Å². The Morgan fingerprint density at radius 1 is 1.19 bits per heavy atom. The molecule has 1 N–H and O–H groups in total. The van der Waals surface area contributed by atoms with E-state index in [1.807, 2.05) is 0 Å². The predicted molar refractivity (Wildman–Crippen MR) is 130 cm³/mol. The van der Waals surface area contributed by atoms with Gasteiger partial charge in [0.2, 0.25) is 0 Å². The Hall–Kier alpha value is -2.15. The summed E-state index contributed by atoms with van der Waals surface area (Å²) in [6.07, 6.45) is 8.05. The molecule has 3 heterocycles.